The lowest BCUT2D eigenvalue weighted by Gasteiger charge is -2.20. The molecule has 0 aliphatic heterocycles. The van der Waals surface area contributed by atoms with E-state index in [-0.39, 0.29) is 0 Å². The first-order valence-electron chi connectivity index (χ1n) is 6.28. The van der Waals surface area contributed by atoms with Crippen molar-refractivity contribution in [3.05, 3.63) is 42.5 Å². The molecular weight excluding hydrogens is 224 g/mol. The fourth-order valence-electron chi connectivity index (χ4n) is 2.03. The summed E-state index contributed by atoms with van der Waals surface area (Å²) >= 11 is 0. The number of anilines is 1. The molecule has 2 aromatic rings. The number of fused-ring (bicyclic) bond motifs is 1. The van der Waals surface area contributed by atoms with E-state index in [1.165, 1.54) is 5.39 Å². The standard InChI is InChI=1S/C15H18N2O/c1-2-3-10-17(15(16)18)14-9-8-12-6-4-5-7-13(12)11-14/h4-9,11H,2-3,10H2,1H3,(H2,16,18). The number of hydrogen-bond donors (Lipinski definition) is 1. The molecule has 3 nitrogen and oxygen atoms in total. The Hall–Kier alpha value is -2.03. The summed E-state index contributed by atoms with van der Waals surface area (Å²) in [6.45, 7) is 2.77. The van der Waals surface area contributed by atoms with E-state index < -0.39 is 6.03 Å². The molecule has 0 radical (unpaired) electrons. The maximum atomic E-state index is 11.5. The van der Waals surface area contributed by atoms with Gasteiger partial charge in [-0.3, -0.25) is 4.90 Å². The predicted molar refractivity (Wildman–Crippen MR) is 75.8 cm³/mol. The molecule has 0 fully saturated rings. The Bertz CT molecular complexity index is 551. The van der Waals surface area contributed by atoms with Crippen LogP contribution in [0.2, 0.25) is 0 Å². The first-order chi connectivity index (χ1) is 8.72. The molecule has 18 heavy (non-hydrogen) atoms. The molecule has 94 valence electrons. The highest BCUT2D eigenvalue weighted by Crippen LogP contribution is 2.22. The van der Waals surface area contributed by atoms with Crippen LogP contribution in [0, 0.1) is 0 Å². The largest absolute Gasteiger partial charge is 0.351 e. The van der Waals surface area contributed by atoms with Gasteiger partial charge in [0, 0.05) is 12.2 Å². The monoisotopic (exact) mass is 242 g/mol. The number of nitrogens with two attached hydrogens (primary N) is 1. The lowest BCUT2D eigenvalue weighted by molar-refractivity contribution is 0.254. The van der Waals surface area contributed by atoms with Crippen molar-refractivity contribution < 1.29 is 4.79 Å². The Balaban J connectivity index is 2.35. The van der Waals surface area contributed by atoms with Gasteiger partial charge in [-0.1, -0.05) is 43.7 Å². The zero-order chi connectivity index (χ0) is 13.0. The summed E-state index contributed by atoms with van der Waals surface area (Å²) in [5, 5.41) is 2.29. The number of carbonyl (C=O) groups is 1. The van der Waals surface area contributed by atoms with E-state index in [1.54, 1.807) is 4.90 Å². The molecule has 0 unspecified atom stereocenters. The second-order valence-electron chi connectivity index (χ2n) is 4.37. The number of benzene rings is 2. The zero-order valence-corrected chi connectivity index (χ0v) is 10.6. The lowest BCUT2D eigenvalue weighted by atomic mass is 10.1. The van der Waals surface area contributed by atoms with Crippen LogP contribution >= 0.6 is 0 Å². The van der Waals surface area contributed by atoms with Crippen LogP contribution in [-0.4, -0.2) is 12.6 Å². The molecule has 0 aliphatic rings. The van der Waals surface area contributed by atoms with Crippen molar-refractivity contribution in [1.29, 1.82) is 0 Å². The van der Waals surface area contributed by atoms with Crippen LogP contribution in [0.3, 0.4) is 0 Å². The van der Waals surface area contributed by atoms with E-state index in [2.05, 4.69) is 13.0 Å². The Morgan fingerprint density at radius 2 is 1.89 bits per heavy atom. The van der Waals surface area contributed by atoms with Gasteiger partial charge in [0.1, 0.15) is 0 Å². The minimum absolute atomic E-state index is 0.390. The number of primary amides is 1. The smallest absolute Gasteiger partial charge is 0.319 e. The first kappa shape index (κ1) is 12.4. The Morgan fingerprint density at radius 1 is 1.17 bits per heavy atom. The summed E-state index contributed by atoms with van der Waals surface area (Å²) in [5.74, 6) is 0. The average molecular weight is 242 g/mol. The van der Waals surface area contributed by atoms with Crippen LogP contribution in [0.4, 0.5) is 10.5 Å². The molecule has 2 aromatic carbocycles. The first-order valence-corrected chi connectivity index (χ1v) is 6.28. The Kier molecular flexibility index (Phi) is 3.82. The van der Waals surface area contributed by atoms with E-state index in [0.29, 0.717) is 6.54 Å². The average Bonchev–Trinajstić information content (AvgIpc) is 2.38. The highest BCUT2D eigenvalue weighted by atomic mass is 16.2. The summed E-state index contributed by atoms with van der Waals surface area (Å²) in [7, 11) is 0. The molecule has 0 spiro atoms. The van der Waals surface area contributed by atoms with E-state index >= 15 is 0 Å². The van der Waals surface area contributed by atoms with Crippen LogP contribution in [0.5, 0.6) is 0 Å². The van der Waals surface area contributed by atoms with Crippen LogP contribution in [-0.2, 0) is 0 Å². The normalized spacial score (nSPS) is 10.5. The van der Waals surface area contributed by atoms with Crippen molar-refractivity contribution in [2.24, 2.45) is 5.73 Å². The highest BCUT2D eigenvalue weighted by molar-refractivity contribution is 5.94. The number of unbranched alkanes of at least 4 members (excludes halogenated alkanes) is 1. The molecule has 0 aromatic heterocycles. The minimum Gasteiger partial charge on any atom is -0.351 e. The SMILES string of the molecule is CCCCN(C(N)=O)c1ccc2ccccc2c1. The third-order valence-corrected chi connectivity index (χ3v) is 3.05. The van der Waals surface area contributed by atoms with E-state index in [0.717, 1.165) is 23.9 Å². The van der Waals surface area contributed by atoms with E-state index in [4.69, 9.17) is 5.73 Å². The number of rotatable bonds is 4. The Labute approximate surface area is 107 Å². The van der Waals surface area contributed by atoms with Crippen LogP contribution in [0.1, 0.15) is 19.8 Å². The van der Waals surface area contributed by atoms with Gasteiger partial charge < -0.3 is 5.73 Å². The third-order valence-electron chi connectivity index (χ3n) is 3.05. The van der Waals surface area contributed by atoms with E-state index in [1.807, 2.05) is 36.4 Å². The molecule has 0 bridgehead atoms. The molecule has 0 atom stereocenters. The number of hydrogen-bond acceptors (Lipinski definition) is 1. The molecule has 0 heterocycles. The number of amides is 2. The maximum absolute atomic E-state index is 11.5. The topological polar surface area (TPSA) is 46.3 Å². The number of urea groups is 1. The van der Waals surface area contributed by atoms with Crippen molar-refractivity contribution in [3.8, 4) is 0 Å². The zero-order valence-electron chi connectivity index (χ0n) is 10.6. The molecule has 0 saturated heterocycles. The maximum Gasteiger partial charge on any atom is 0.319 e. The van der Waals surface area contributed by atoms with Gasteiger partial charge in [-0.05, 0) is 29.3 Å². The minimum atomic E-state index is -0.390. The van der Waals surface area contributed by atoms with Gasteiger partial charge in [0.15, 0.2) is 0 Å². The van der Waals surface area contributed by atoms with Gasteiger partial charge in [-0.15, -0.1) is 0 Å². The summed E-state index contributed by atoms with van der Waals surface area (Å²) in [5.41, 5.74) is 6.31. The lowest BCUT2D eigenvalue weighted by Crippen LogP contribution is -2.36. The molecular formula is C15H18N2O. The second-order valence-corrected chi connectivity index (χ2v) is 4.37. The Morgan fingerprint density at radius 3 is 2.56 bits per heavy atom. The van der Waals surface area contributed by atoms with Crippen molar-refractivity contribution in [3.63, 3.8) is 0 Å². The van der Waals surface area contributed by atoms with Gasteiger partial charge in [-0.2, -0.15) is 0 Å². The number of nitrogens with zero attached hydrogens (tertiary/aromatic N) is 1. The molecule has 2 rings (SSSR count). The summed E-state index contributed by atoms with van der Waals surface area (Å²) in [6, 6.07) is 13.7. The van der Waals surface area contributed by atoms with Gasteiger partial charge in [0.25, 0.3) is 0 Å². The van der Waals surface area contributed by atoms with Crippen LogP contribution in [0.15, 0.2) is 42.5 Å². The molecule has 0 aliphatic carbocycles. The van der Waals surface area contributed by atoms with Crippen molar-refractivity contribution in [2.75, 3.05) is 11.4 Å². The fraction of sp³-hybridized carbons (Fsp3) is 0.267. The molecule has 0 saturated carbocycles. The number of carbonyl (C=O) groups excluding carboxylic acids is 1. The van der Waals surface area contributed by atoms with Crippen LogP contribution < -0.4 is 10.6 Å². The van der Waals surface area contributed by atoms with Gasteiger partial charge >= 0.3 is 6.03 Å². The predicted octanol–water partition coefficient (Wildman–Crippen LogP) is 3.53. The summed E-state index contributed by atoms with van der Waals surface area (Å²) < 4.78 is 0. The quantitative estimate of drug-likeness (QED) is 0.876. The van der Waals surface area contributed by atoms with Gasteiger partial charge in [0.2, 0.25) is 0 Å². The highest BCUT2D eigenvalue weighted by Gasteiger charge is 2.11. The second kappa shape index (κ2) is 5.54. The van der Waals surface area contributed by atoms with Gasteiger partial charge in [0.05, 0.1) is 0 Å². The van der Waals surface area contributed by atoms with Crippen molar-refractivity contribution in [1.82, 2.24) is 0 Å². The van der Waals surface area contributed by atoms with E-state index in [9.17, 15) is 4.79 Å². The third kappa shape index (κ3) is 2.62. The molecule has 3 heteroatoms. The van der Waals surface area contributed by atoms with Gasteiger partial charge in [-0.25, -0.2) is 4.79 Å². The summed E-state index contributed by atoms with van der Waals surface area (Å²) in [4.78, 5) is 13.1. The van der Waals surface area contributed by atoms with Crippen LogP contribution in [0.25, 0.3) is 10.8 Å². The fourth-order valence-corrected chi connectivity index (χ4v) is 2.03. The summed E-state index contributed by atoms with van der Waals surface area (Å²) in [6.07, 6.45) is 1.99. The van der Waals surface area contributed by atoms with Crippen molar-refractivity contribution >= 4 is 22.5 Å². The van der Waals surface area contributed by atoms with Crippen molar-refractivity contribution in [2.45, 2.75) is 19.8 Å². The molecule has 2 amide bonds. The molecule has 2 N–H and O–H groups in total.